The molecular formula is C17H26N2O2. The van der Waals surface area contributed by atoms with E-state index < -0.39 is 0 Å². The van der Waals surface area contributed by atoms with Crippen molar-refractivity contribution in [3.8, 4) is 0 Å². The van der Waals surface area contributed by atoms with Crippen molar-refractivity contribution >= 4 is 11.7 Å². The molecule has 1 amide bonds. The van der Waals surface area contributed by atoms with Gasteiger partial charge in [0.15, 0.2) is 5.78 Å². The highest BCUT2D eigenvalue weighted by atomic mass is 16.1. The molecule has 0 bridgehead atoms. The monoisotopic (exact) mass is 290 g/mol. The van der Waals surface area contributed by atoms with Crippen LogP contribution in [0.2, 0.25) is 0 Å². The number of aromatic nitrogens is 1. The molecule has 1 aromatic rings. The van der Waals surface area contributed by atoms with Crippen LogP contribution in [-0.2, 0) is 17.8 Å². The smallest absolute Gasteiger partial charge is 0.221 e. The van der Waals surface area contributed by atoms with Crippen LogP contribution in [0.4, 0.5) is 0 Å². The van der Waals surface area contributed by atoms with Gasteiger partial charge in [-0.15, -0.1) is 0 Å². The van der Waals surface area contributed by atoms with Crippen LogP contribution in [0.25, 0.3) is 0 Å². The molecule has 0 aromatic carbocycles. The second kappa shape index (κ2) is 6.04. The lowest BCUT2D eigenvalue weighted by molar-refractivity contribution is -0.121. The Labute approximate surface area is 126 Å². The molecular weight excluding hydrogens is 264 g/mol. The van der Waals surface area contributed by atoms with Crippen molar-refractivity contribution < 1.29 is 9.59 Å². The van der Waals surface area contributed by atoms with Gasteiger partial charge in [0.1, 0.15) is 0 Å². The van der Waals surface area contributed by atoms with Crippen LogP contribution in [0, 0.1) is 11.3 Å². The fraction of sp³-hybridized carbons (Fsp3) is 0.647. The topological polar surface area (TPSA) is 51.1 Å². The fourth-order valence-electron chi connectivity index (χ4n) is 2.84. The highest BCUT2D eigenvalue weighted by molar-refractivity contribution is 5.98. The van der Waals surface area contributed by atoms with Crippen molar-refractivity contribution in [1.82, 2.24) is 9.88 Å². The number of hydrogen-bond acceptors (Lipinski definition) is 2. The van der Waals surface area contributed by atoms with E-state index in [9.17, 15) is 9.59 Å². The average molecular weight is 290 g/mol. The zero-order valence-corrected chi connectivity index (χ0v) is 13.5. The molecule has 0 spiro atoms. The fourth-order valence-corrected chi connectivity index (χ4v) is 2.84. The largest absolute Gasteiger partial charge is 0.356 e. The Balaban J connectivity index is 2.00. The molecule has 0 fully saturated rings. The molecule has 1 aliphatic rings. The summed E-state index contributed by atoms with van der Waals surface area (Å²) in [6, 6.07) is 1.90. The summed E-state index contributed by atoms with van der Waals surface area (Å²) in [5.41, 5.74) is 1.95. The SMILES string of the molecule is CC(C)CNC(=O)CCn1ccc2c1CC(C)(C)CC2=O. The van der Waals surface area contributed by atoms with Crippen molar-refractivity contribution in [2.24, 2.45) is 11.3 Å². The summed E-state index contributed by atoms with van der Waals surface area (Å²) in [6.07, 6.45) is 3.91. The van der Waals surface area contributed by atoms with E-state index in [1.54, 1.807) is 0 Å². The quantitative estimate of drug-likeness (QED) is 0.906. The lowest BCUT2D eigenvalue weighted by Gasteiger charge is -2.29. The maximum atomic E-state index is 12.1. The first-order valence-electron chi connectivity index (χ1n) is 7.76. The Morgan fingerprint density at radius 2 is 2.10 bits per heavy atom. The van der Waals surface area contributed by atoms with Crippen LogP contribution in [0.15, 0.2) is 12.3 Å². The van der Waals surface area contributed by atoms with Crippen molar-refractivity contribution in [1.29, 1.82) is 0 Å². The molecule has 0 unspecified atom stereocenters. The van der Waals surface area contributed by atoms with Crippen molar-refractivity contribution in [2.75, 3.05) is 6.54 Å². The van der Waals surface area contributed by atoms with Gasteiger partial charge in [-0.05, 0) is 23.8 Å². The first kappa shape index (κ1) is 15.8. The molecule has 1 N–H and O–H groups in total. The standard InChI is InChI=1S/C17H26N2O2/c1-12(2)11-18-16(21)6-8-19-7-5-13-14(19)9-17(3,4)10-15(13)20/h5,7,12H,6,8-11H2,1-4H3,(H,18,21). The molecule has 1 aliphatic carbocycles. The van der Waals surface area contributed by atoms with E-state index in [0.717, 1.165) is 17.7 Å². The van der Waals surface area contributed by atoms with Gasteiger partial charge in [0, 0.05) is 43.4 Å². The average Bonchev–Trinajstić information content (AvgIpc) is 2.75. The molecule has 4 nitrogen and oxygen atoms in total. The Hall–Kier alpha value is -1.58. The van der Waals surface area contributed by atoms with Crippen LogP contribution in [0.5, 0.6) is 0 Å². The Morgan fingerprint density at radius 1 is 1.38 bits per heavy atom. The molecule has 0 atom stereocenters. The number of rotatable bonds is 5. The summed E-state index contributed by atoms with van der Waals surface area (Å²) in [6.45, 7) is 9.77. The summed E-state index contributed by atoms with van der Waals surface area (Å²) >= 11 is 0. The second-order valence-electron chi connectivity index (χ2n) is 7.26. The van der Waals surface area contributed by atoms with Crippen LogP contribution >= 0.6 is 0 Å². The molecule has 2 rings (SSSR count). The van der Waals surface area contributed by atoms with Crippen LogP contribution in [0.1, 0.15) is 56.6 Å². The zero-order valence-electron chi connectivity index (χ0n) is 13.5. The number of nitrogens with one attached hydrogen (secondary N) is 1. The summed E-state index contributed by atoms with van der Waals surface area (Å²) in [5, 5.41) is 2.93. The summed E-state index contributed by atoms with van der Waals surface area (Å²) < 4.78 is 2.07. The predicted molar refractivity (Wildman–Crippen MR) is 83.3 cm³/mol. The van der Waals surface area contributed by atoms with Gasteiger partial charge in [-0.1, -0.05) is 27.7 Å². The Bertz CT molecular complexity index is 541. The van der Waals surface area contributed by atoms with Crippen LogP contribution in [0.3, 0.4) is 0 Å². The van der Waals surface area contributed by atoms with E-state index in [0.29, 0.717) is 31.8 Å². The number of nitrogens with zero attached hydrogens (tertiary/aromatic N) is 1. The third-order valence-electron chi connectivity index (χ3n) is 3.95. The molecule has 0 radical (unpaired) electrons. The van der Waals surface area contributed by atoms with Crippen LogP contribution < -0.4 is 5.32 Å². The number of ketones is 1. The Morgan fingerprint density at radius 3 is 2.76 bits per heavy atom. The van der Waals surface area contributed by atoms with E-state index >= 15 is 0 Å². The lowest BCUT2D eigenvalue weighted by Crippen LogP contribution is -2.30. The molecule has 116 valence electrons. The maximum absolute atomic E-state index is 12.1. The van der Waals surface area contributed by atoms with E-state index in [1.165, 1.54) is 0 Å². The number of carbonyl (C=O) groups excluding carboxylic acids is 2. The first-order chi connectivity index (χ1) is 9.78. The van der Waals surface area contributed by atoms with Crippen LogP contribution in [-0.4, -0.2) is 22.8 Å². The number of amides is 1. The summed E-state index contributed by atoms with van der Waals surface area (Å²) in [4.78, 5) is 23.9. The van der Waals surface area contributed by atoms with Gasteiger partial charge in [-0.25, -0.2) is 0 Å². The third kappa shape index (κ3) is 3.96. The van der Waals surface area contributed by atoms with Gasteiger partial charge < -0.3 is 9.88 Å². The minimum atomic E-state index is 0.0140. The van der Waals surface area contributed by atoms with Crippen molar-refractivity contribution in [2.45, 2.75) is 53.5 Å². The molecule has 4 heteroatoms. The van der Waals surface area contributed by atoms with Gasteiger partial charge in [-0.2, -0.15) is 0 Å². The highest BCUT2D eigenvalue weighted by Gasteiger charge is 2.32. The molecule has 21 heavy (non-hydrogen) atoms. The Kier molecular flexibility index (Phi) is 4.55. The normalized spacial score (nSPS) is 16.9. The zero-order chi connectivity index (χ0) is 15.6. The second-order valence-corrected chi connectivity index (χ2v) is 7.26. The van der Waals surface area contributed by atoms with E-state index in [-0.39, 0.29) is 17.1 Å². The maximum Gasteiger partial charge on any atom is 0.221 e. The number of fused-ring (bicyclic) bond motifs is 1. The summed E-state index contributed by atoms with van der Waals surface area (Å²) in [7, 11) is 0. The van der Waals surface area contributed by atoms with E-state index in [2.05, 4.69) is 37.6 Å². The van der Waals surface area contributed by atoms with Gasteiger partial charge >= 0.3 is 0 Å². The molecule has 1 heterocycles. The molecule has 0 saturated carbocycles. The van der Waals surface area contributed by atoms with E-state index in [4.69, 9.17) is 0 Å². The lowest BCUT2D eigenvalue weighted by atomic mass is 9.76. The molecule has 1 aromatic heterocycles. The molecule has 0 saturated heterocycles. The highest BCUT2D eigenvalue weighted by Crippen LogP contribution is 2.35. The van der Waals surface area contributed by atoms with Gasteiger partial charge in [0.05, 0.1) is 0 Å². The first-order valence-corrected chi connectivity index (χ1v) is 7.76. The van der Waals surface area contributed by atoms with E-state index in [1.807, 2.05) is 12.3 Å². The number of Topliss-reactive ketones (excluding diaryl/α,β-unsaturated/α-hetero) is 1. The van der Waals surface area contributed by atoms with Gasteiger partial charge in [0.25, 0.3) is 0 Å². The molecule has 0 aliphatic heterocycles. The third-order valence-corrected chi connectivity index (χ3v) is 3.95. The van der Waals surface area contributed by atoms with Crippen molar-refractivity contribution in [3.05, 3.63) is 23.5 Å². The minimum Gasteiger partial charge on any atom is -0.356 e. The number of aryl methyl sites for hydroxylation is 1. The minimum absolute atomic E-state index is 0.0140. The number of hydrogen-bond donors (Lipinski definition) is 1. The predicted octanol–water partition coefficient (Wildman–Crippen LogP) is 2.81. The van der Waals surface area contributed by atoms with Gasteiger partial charge in [-0.3, -0.25) is 9.59 Å². The van der Waals surface area contributed by atoms with Crippen molar-refractivity contribution in [3.63, 3.8) is 0 Å². The summed E-state index contributed by atoms with van der Waals surface area (Å²) in [5.74, 6) is 0.767. The van der Waals surface area contributed by atoms with Gasteiger partial charge in [0.2, 0.25) is 5.91 Å². The number of carbonyl (C=O) groups is 2.